The van der Waals surface area contributed by atoms with Gasteiger partial charge in [0.2, 0.25) is 0 Å². The smallest absolute Gasteiger partial charge is 0.251 e. The van der Waals surface area contributed by atoms with Crippen molar-refractivity contribution in [3.05, 3.63) is 21.4 Å². The van der Waals surface area contributed by atoms with Crippen LogP contribution in [0.3, 0.4) is 0 Å². The lowest BCUT2D eigenvalue weighted by Gasteiger charge is -2.11. The number of aromatic nitrogens is 1. The van der Waals surface area contributed by atoms with Gasteiger partial charge in [-0.05, 0) is 35.7 Å². The van der Waals surface area contributed by atoms with Gasteiger partial charge in [-0.15, -0.1) is 0 Å². The number of primary amides is 1. The molecule has 2 N–H and O–H groups in total. The summed E-state index contributed by atoms with van der Waals surface area (Å²) in [5.74, 6) is -0.000370. The molecule has 0 saturated heterocycles. The van der Waals surface area contributed by atoms with E-state index in [9.17, 15) is 4.79 Å². The summed E-state index contributed by atoms with van der Waals surface area (Å²) in [6.45, 7) is 9.06. The van der Waals surface area contributed by atoms with Gasteiger partial charge in [0.25, 0.3) is 5.91 Å². The van der Waals surface area contributed by atoms with Crippen LogP contribution in [0.5, 0.6) is 0 Å². The first kappa shape index (κ1) is 12.3. The number of hydrogen-bond acceptors (Lipinski definition) is 1. The van der Waals surface area contributed by atoms with Crippen LogP contribution in [0.2, 0.25) is 0 Å². The number of rotatable bonds is 3. The molecule has 1 rings (SSSR count). The molecule has 0 aromatic carbocycles. The first-order valence-corrected chi connectivity index (χ1v) is 5.89. The van der Waals surface area contributed by atoms with Crippen molar-refractivity contribution in [3.63, 3.8) is 0 Å². The number of hydrogen-bond donors (Lipinski definition) is 1. The highest BCUT2D eigenvalue weighted by molar-refractivity contribution is 9.10. The van der Waals surface area contributed by atoms with E-state index in [2.05, 4.69) is 41.3 Å². The van der Waals surface area contributed by atoms with Gasteiger partial charge in [0, 0.05) is 17.9 Å². The Hall–Kier alpha value is -0.770. The van der Waals surface area contributed by atoms with E-state index < -0.39 is 0 Å². The fraction of sp³-hybridized carbons (Fsp3) is 0.545. The summed E-state index contributed by atoms with van der Waals surface area (Å²) in [5.41, 5.74) is 8.07. The van der Waals surface area contributed by atoms with Gasteiger partial charge in [-0.3, -0.25) is 4.79 Å². The molecule has 0 spiro atoms. The van der Waals surface area contributed by atoms with Crippen LogP contribution in [0.25, 0.3) is 0 Å². The van der Waals surface area contributed by atoms with Crippen LogP contribution in [-0.4, -0.2) is 10.5 Å². The third-order valence-corrected chi connectivity index (χ3v) is 3.41. The van der Waals surface area contributed by atoms with E-state index in [1.807, 2.05) is 6.92 Å². The van der Waals surface area contributed by atoms with Gasteiger partial charge in [0.05, 0.1) is 10.0 Å². The van der Waals surface area contributed by atoms with E-state index >= 15 is 0 Å². The average molecular weight is 273 g/mol. The second kappa shape index (κ2) is 4.39. The summed E-state index contributed by atoms with van der Waals surface area (Å²) in [6, 6.07) is 0. The third kappa shape index (κ3) is 1.95. The lowest BCUT2D eigenvalue weighted by Crippen LogP contribution is -2.12. The molecular formula is C11H17BrN2O. The van der Waals surface area contributed by atoms with Gasteiger partial charge in [0.1, 0.15) is 0 Å². The molecule has 84 valence electrons. The molecule has 0 unspecified atom stereocenters. The molecule has 0 fully saturated rings. The molecule has 15 heavy (non-hydrogen) atoms. The average Bonchev–Trinajstić information content (AvgIpc) is 2.36. The van der Waals surface area contributed by atoms with Crippen molar-refractivity contribution in [1.29, 1.82) is 0 Å². The topological polar surface area (TPSA) is 48.0 Å². The van der Waals surface area contributed by atoms with Crippen LogP contribution in [0.15, 0.2) is 4.47 Å². The van der Waals surface area contributed by atoms with Crippen LogP contribution in [0.4, 0.5) is 0 Å². The fourth-order valence-electron chi connectivity index (χ4n) is 1.98. The van der Waals surface area contributed by atoms with Crippen molar-refractivity contribution in [1.82, 2.24) is 4.57 Å². The summed E-state index contributed by atoms with van der Waals surface area (Å²) in [7, 11) is 0. The second-order valence-electron chi connectivity index (χ2n) is 3.92. The molecule has 0 aliphatic heterocycles. The number of halogens is 1. The molecule has 1 aromatic heterocycles. The van der Waals surface area contributed by atoms with Crippen LogP contribution >= 0.6 is 15.9 Å². The summed E-state index contributed by atoms with van der Waals surface area (Å²) >= 11 is 3.47. The fourth-order valence-corrected chi connectivity index (χ4v) is 3.13. The van der Waals surface area contributed by atoms with Gasteiger partial charge in [0.15, 0.2) is 0 Å². The summed E-state index contributed by atoms with van der Waals surface area (Å²) in [5, 5.41) is 0. The Morgan fingerprint density at radius 3 is 2.33 bits per heavy atom. The molecule has 0 radical (unpaired) electrons. The Labute approximate surface area is 98.8 Å². The monoisotopic (exact) mass is 272 g/mol. The molecule has 0 atom stereocenters. The number of amides is 1. The maximum Gasteiger partial charge on any atom is 0.251 e. The van der Waals surface area contributed by atoms with E-state index in [-0.39, 0.29) is 5.91 Å². The normalized spacial score (nSPS) is 11.1. The molecule has 4 heteroatoms. The van der Waals surface area contributed by atoms with Crippen molar-refractivity contribution in [2.75, 3.05) is 0 Å². The Balaban J connectivity index is 3.52. The molecule has 0 saturated carbocycles. The first-order valence-electron chi connectivity index (χ1n) is 5.10. The SMILES string of the molecule is CCn1c(C)c(C(N)=O)c(Br)c1C(C)C. The number of carbonyl (C=O) groups is 1. The molecule has 0 aliphatic carbocycles. The van der Waals surface area contributed by atoms with Gasteiger partial charge in [-0.25, -0.2) is 0 Å². The standard InChI is InChI=1S/C11H17BrN2O/c1-5-14-7(4)8(11(13)15)9(12)10(14)6(2)3/h6H,5H2,1-4H3,(H2,13,15). The highest BCUT2D eigenvalue weighted by Gasteiger charge is 2.22. The zero-order chi connectivity index (χ0) is 11.7. The van der Waals surface area contributed by atoms with Crippen molar-refractivity contribution >= 4 is 21.8 Å². The Morgan fingerprint density at radius 1 is 1.53 bits per heavy atom. The Morgan fingerprint density at radius 2 is 2.07 bits per heavy atom. The van der Waals surface area contributed by atoms with Crippen LogP contribution < -0.4 is 5.73 Å². The van der Waals surface area contributed by atoms with Crippen LogP contribution in [0.1, 0.15) is 48.4 Å². The quantitative estimate of drug-likeness (QED) is 0.904. The highest BCUT2D eigenvalue weighted by Crippen LogP contribution is 2.32. The Kier molecular flexibility index (Phi) is 3.60. The lowest BCUT2D eigenvalue weighted by atomic mass is 10.1. The van der Waals surface area contributed by atoms with Gasteiger partial charge < -0.3 is 10.3 Å². The van der Waals surface area contributed by atoms with Crippen molar-refractivity contribution in [3.8, 4) is 0 Å². The minimum atomic E-state index is -0.367. The van der Waals surface area contributed by atoms with Crippen molar-refractivity contribution in [2.24, 2.45) is 5.73 Å². The summed E-state index contributed by atoms with van der Waals surface area (Å²) in [4.78, 5) is 11.3. The first-order chi connectivity index (χ1) is 6.91. The molecule has 1 heterocycles. The largest absolute Gasteiger partial charge is 0.366 e. The van der Waals surface area contributed by atoms with E-state index in [1.54, 1.807) is 0 Å². The molecule has 3 nitrogen and oxygen atoms in total. The predicted molar refractivity (Wildman–Crippen MR) is 65.1 cm³/mol. The second-order valence-corrected chi connectivity index (χ2v) is 4.72. The Bertz CT molecular complexity index is 394. The molecule has 0 aliphatic rings. The van der Waals surface area contributed by atoms with Crippen LogP contribution in [-0.2, 0) is 6.54 Å². The summed E-state index contributed by atoms with van der Waals surface area (Å²) < 4.78 is 2.99. The molecular weight excluding hydrogens is 256 g/mol. The van der Waals surface area contributed by atoms with E-state index in [0.29, 0.717) is 11.5 Å². The van der Waals surface area contributed by atoms with Gasteiger partial charge >= 0.3 is 0 Å². The predicted octanol–water partition coefficient (Wildman–Crippen LogP) is 2.80. The number of carbonyl (C=O) groups excluding carboxylic acids is 1. The van der Waals surface area contributed by atoms with E-state index in [1.165, 1.54) is 0 Å². The van der Waals surface area contributed by atoms with Crippen LogP contribution in [0, 0.1) is 6.92 Å². The summed E-state index contributed by atoms with van der Waals surface area (Å²) in [6.07, 6.45) is 0. The minimum Gasteiger partial charge on any atom is -0.366 e. The lowest BCUT2D eigenvalue weighted by molar-refractivity contribution is 0.0999. The van der Waals surface area contributed by atoms with Crippen molar-refractivity contribution < 1.29 is 4.79 Å². The maximum absolute atomic E-state index is 11.3. The van der Waals surface area contributed by atoms with E-state index in [4.69, 9.17) is 5.73 Å². The van der Waals surface area contributed by atoms with E-state index in [0.717, 1.165) is 22.4 Å². The zero-order valence-corrected chi connectivity index (χ0v) is 11.2. The molecule has 1 aromatic rings. The zero-order valence-electron chi connectivity index (χ0n) is 9.60. The third-order valence-electron chi connectivity index (χ3n) is 2.61. The number of nitrogens with zero attached hydrogens (tertiary/aromatic N) is 1. The molecule has 0 bridgehead atoms. The van der Waals surface area contributed by atoms with Gasteiger partial charge in [-0.2, -0.15) is 0 Å². The molecule has 1 amide bonds. The maximum atomic E-state index is 11.3. The van der Waals surface area contributed by atoms with Gasteiger partial charge in [-0.1, -0.05) is 13.8 Å². The highest BCUT2D eigenvalue weighted by atomic mass is 79.9. The number of nitrogens with two attached hydrogens (primary N) is 1. The van der Waals surface area contributed by atoms with Crippen molar-refractivity contribution in [2.45, 2.75) is 40.2 Å². The minimum absolute atomic E-state index is 0.367.